The summed E-state index contributed by atoms with van der Waals surface area (Å²) in [6, 6.07) is 8.71. The maximum Gasteiger partial charge on any atom is 0.306 e. The maximum absolute atomic E-state index is 14.4. The van der Waals surface area contributed by atoms with E-state index in [1.54, 1.807) is 26.2 Å². The predicted molar refractivity (Wildman–Crippen MR) is 171 cm³/mol. The molecular formula is C34H35ClN2O10. The van der Waals surface area contributed by atoms with Crippen LogP contribution in [0.2, 0.25) is 5.02 Å². The van der Waals surface area contributed by atoms with E-state index in [2.05, 4.69) is 0 Å². The number of aromatic nitrogens is 1. The average Bonchev–Trinajstić information content (AvgIpc) is 3.40. The van der Waals surface area contributed by atoms with Crippen LogP contribution >= 0.6 is 11.6 Å². The zero-order chi connectivity index (χ0) is 33.6. The average molecular weight is 667 g/mol. The number of benzene rings is 2. The van der Waals surface area contributed by atoms with Crippen molar-refractivity contribution in [2.75, 3.05) is 59.6 Å². The number of anilines is 1. The second-order valence-electron chi connectivity index (χ2n) is 11.6. The standard InChI is InChI=1S/C34H35ClN2O10/c1-17-12-23(38)27(31(40)34(17)32(41)28-24(43-3)16-25(44-4)29(35)30(28)47-34)20(15-26(39)45-5)21-14-18-13-19(42-2)6-7-22(18)36-33(21)37-8-10-46-11-9-37/h6-7,13-14,16-17,20,40H,8-12,15H2,1-5H3/t17-,20-,34+/m1/s1. The van der Waals surface area contributed by atoms with Gasteiger partial charge in [0.2, 0.25) is 11.4 Å². The van der Waals surface area contributed by atoms with Crippen LogP contribution in [0, 0.1) is 5.92 Å². The van der Waals surface area contributed by atoms with Crippen LogP contribution in [0.1, 0.15) is 41.6 Å². The van der Waals surface area contributed by atoms with Crippen molar-refractivity contribution < 1.29 is 47.9 Å². The number of aliphatic hydroxyl groups excluding tert-OH is 1. The summed E-state index contributed by atoms with van der Waals surface area (Å²) in [5.41, 5.74) is -1.02. The van der Waals surface area contributed by atoms with Gasteiger partial charge >= 0.3 is 5.97 Å². The summed E-state index contributed by atoms with van der Waals surface area (Å²) in [7, 11) is 5.59. The number of nitrogens with zero attached hydrogens (tertiary/aromatic N) is 2. The number of Topliss-reactive ketones (excluding diaryl/α,β-unsaturated/α-hetero) is 2. The van der Waals surface area contributed by atoms with Crippen LogP contribution in [0.25, 0.3) is 10.9 Å². The van der Waals surface area contributed by atoms with Crippen molar-refractivity contribution in [1.29, 1.82) is 0 Å². The van der Waals surface area contributed by atoms with E-state index in [1.165, 1.54) is 27.4 Å². The largest absolute Gasteiger partial charge is 0.507 e. The molecule has 2 aliphatic heterocycles. The molecule has 248 valence electrons. The second-order valence-corrected chi connectivity index (χ2v) is 12.0. The molecule has 1 aliphatic carbocycles. The normalized spacial score (nSPS) is 21.5. The van der Waals surface area contributed by atoms with Gasteiger partial charge in [-0.05, 0) is 24.3 Å². The van der Waals surface area contributed by atoms with Crippen LogP contribution in [0.3, 0.4) is 0 Å². The third-order valence-electron chi connectivity index (χ3n) is 9.17. The van der Waals surface area contributed by atoms with Crippen LogP contribution in [0.5, 0.6) is 23.0 Å². The number of hydrogen-bond acceptors (Lipinski definition) is 12. The Bertz CT molecular complexity index is 1820. The number of allylic oxidation sites excluding steroid dienone is 1. The molecule has 1 spiro atoms. The summed E-state index contributed by atoms with van der Waals surface area (Å²) in [5, 5.41) is 13.0. The number of esters is 1. The first-order valence-electron chi connectivity index (χ1n) is 15.1. The van der Waals surface area contributed by atoms with E-state index < -0.39 is 40.7 Å². The molecule has 3 aromatic rings. The number of pyridine rings is 1. The smallest absolute Gasteiger partial charge is 0.306 e. The van der Waals surface area contributed by atoms with Crippen molar-refractivity contribution >= 4 is 45.9 Å². The van der Waals surface area contributed by atoms with Gasteiger partial charge < -0.3 is 38.4 Å². The highest BCUT2D eigenvalue weighted by molar-refractivity contribution is 6.35. The molecule has 47 heavy (non-hydrogen) atoms. The second kappa shape index (κ2) is 12.6. The van der Waals surface area contributed by atoms with Gasteiger partial charge in [0, 0.05) is 53.9 Å². The van der Waals surface area contributed by atoms with Crippen molar-refractivity contribution in [3.05, 3.63) is 57.8 Å². The minimum absolute atomic E-state index is 0.0142. The fraction of sp³-hybridized carbons (Fsp3) is 0.412. The maximum atomic E-state index is 14.4. The fourth-order valence-corrected chi connectivity index (χ4v) is 6.99. The lowest BCUT2D eigenvalue weighted by atomic mass is 9.69. The molecule has 1 N–H and O–H groups in total. The Labute approximate surface area is 276 Å². The molecule has 3 aliphatic rings. The third-order valence-corrected chi connectivity index (χ3v) is 9.53. The van der Waals surface area contributed by atoms with Crippen LogP contribution in [-0.4, -0.2) is 88.0 Å². The zero-order valence-corrected chi connectivity index (χ0v) is 27.4. The number of methoxy groups -OCH3 is 4. The van der Waals surface area contributed by atoms with Gasteiger partial charge in [-0.15, -0.1) is 0 Å². The van der Waals surface area contributed by atoms with E-state index in [0.717, 1.165) is 0 Å². The molecule has 3 heterocycles. The van der Waals surface area contributed by atoms with E-state index in [4.69, 9.17) is 45.0 Å². The van der Waals surface area contributed by atoms with Crippen molar-refractivity contribution in [2.45, 2.75) is 31.3 Å². The molecule has 1 fully saturated rings. The Kier molecular flexibility index (Phi) is 8.66. The molecule has 1 saturated heterocycles. The van der Waals surface area contributed by atoms with E-state index >= 15 is 0 Å². The topological polar surface area (TPSA) is 143 Å². The summed E-state index contributed by atoms with van der Waals surface area (Å²) in [6.07, 6.45) is -0.505. The van der Waals surface area contributed by atoms with E-state index in [0.29, 0.717) is 54.3 Å². The molecule has 3 atom stereocenters. The Hall–Kier alpha value is -4.55. The Balaban J connectivity index is 1.61. The first kappa shape index (κ1) is 32.4. The highest BCUT2D eigenvalue weighted by Gasteiger charge is 2.61. The quantitative estimate of drug-likeness (QED) is 0.329. The lowest BCUT2D eigenvalue weighted by Gasteiger charge is -2.39. The van der Waals surface area contributed by atoms with Gasteiger partial charge in [-0.1, -0.05) is 18.5 Å². The summed E-state index contributed by atoms with van der Waals surface area (Å²) in [5.74, 6) is -2.81. The Morgan fingerprint density at radius 3 is 2.47 bits per heavy atom. The van der Waals surface area contributed by atoms with Crippen LogP contribution < -0.4 is 23.8 Å². The predicted octanol–water partition coefficient (Wildman–Crippen LogP) is 4.83. The molecule has 12 nitrogen and oxygen atoms in total. The first-order chi connectivity index (χ1) is 22.6. The monoisotopic (exact) mass is 666 g/mol. The van der Waals surface area contributed by atoms with Gasteiger partial charge in [0.25, 0.3) is 0 Å². The van der Waals surface area contributed by atoms with Gasteiger partial charge in [0.05, 0.1) is 53.6 Å². The van der Waals surface area contributed by atoms with Gasteiger partial charge in [0.1, 0.15) is 33.7 Å². The minimum Gasteiger partial charge on any atom is -0.507 e. The van der Waals surface area contributed by atoms with E-state index in [9.17, 15) is 19.5 Å². The molecule has 0 radical (unpaired) electrons. The number of morpholine rings is 1. The lowest BCUT2D eigenvalue weighted by molar-refractivity contribution is -0.140. The molecule has 2 aromatic carbocycles. The highest BCUT2D eigenvalue weighted by Crippen LogP contribution is 2.56. The molecule has 0 bridgehead atoms. The number of halogens is 1. The number of ketones is 2. The number of aliphatic hydroxyl groups is 1. The van der Waals surface area contributed by atoms with Gasteiger partial charge in [-0.25, -0.2) is 4.98 Å². The molecule has 0 amide bonds. The number of carbonyl (C=O) groups is 3. The molecule has 13 heteroatoms. The van der Waals surface area contributed by atoms with Crippen molar-refractivity contribution in [1.82, 2.24) is 4.98 Å². The number of carbonyl (C=O) groups excluding carboxylic acids is 3. The lowest BCUT2D eigenvalue weighted by Crippen LogP contribution is -2.53. The minimum atomic E-state index is -2.03. The Morgan fingerprint density at radius 1 is 1.09 bits per heavy atom. The molecule has 1 aromatic heterocycles. The summed E-state index contributed by atoms with van der Waals surface area (Å²) >= 11 is 6.63. The SMILES string of the molecule is COC(=O)C[C@@H](C1=C(O)[C@@]2(Oc3c(Cl)c(OC)cc(OC)c3C2=O)[C@H](C)CC1=O)c1cc2cc(OC)ccc2nc1N1CCOCC1. The number of fused-ring (bicyclic) bond motifs is 2. The summed E-state index contributed by atoms with van der Waals surface area (Å²) < 4.78 is 33.4. The van der Waals surface area contributed by atoms with E-state index in [1.807, 2.05) is 17.0 Å². The molecule has 6 rings (SSSR count). The molecular weight excluding hydrogens is 632 g/mol. The highest BCUT2D eigenvalue weighted by atomic mass is 35.5. The van der Waals surface area contributed by atoms with Gasteiger partial charge in [-0.3, -0.25) is 14.4 Å². The number of ether oxygens (including phenoxy) is 6. The van der Waals surface area contributed by atoms with Crippen molar-refractivity contribution in [3.8, 4) is 23.0 Å². The van der Waals surface area contributed by atoms with Gasteiger partial charge in [0.15, 0.2) is 17.3 Å². The first-order valence-corrected chi connectivity index (χ1v) is 15.5. The fourth-order valence-electron chi connectivity index (χ4n) is 6.73. The number of rotatable bonds is 8. The van der Waals surface area contributed by atoms with Gasteiger partial charge in [-0.2, -0.15) is 0 Å². The van der Waals surface area contributed by atoms with Crippen molar-refractivity contribution in [2.24, 2.45) is 5.92 Å². The zero-order valence-electron chi connectivity index (χ0n) is 26.7. The summed E-state index contributed by atoms with van der Waals surface area (Å²) in [6.45, 7) is 3.55. The van der Waals surface area contributed by atoms with E-state index in [-0.39, 0.29) is 46.2 Å². The number of hydrogen-bond donors (Lipinski definition) is 1. The summed E-state index contributed by atoms with van der Waals surface area (Å²) in [4.78, 5) is 48.6. The molecule has 0 unspecified atom stereocenters. The van der Waals surface area contributed by atoms with Crippen LogP contribution in [0.4, 0.5) is 5.82 Å². The van der Waals surface area contributed by atoms with Crippen LogP contribution in [-0.2, 0) is 19.1 Å². The molecule has 0 saturated carbocycles. The van der Waals surface area contributed by atoms with Crippen LogP contribution in [0.15, 0.2) is 41.7 Å². The van der Waals surface area contributed by atoms with Crippen molar-refractivity contribution in [3.63, 3.8) is 0 Å². The Morgan fingerprint density at radius 2 is 1.81 bits per heavy atom. The third kappa shape index (κ3) is 5.19.